The fraction of sp³-hybridized carbons (Fsp3) is 0.360. The molecule has 200 valence electrons. The van der Waals surface area contributed by atoms with E-state index >= 15 is 0 Å². The predicted octanol–water partition coefficient (Wildman–Crippen LogP) is 5.90. The molecule has 0 saturated heterocycles. The summed E-state index contributed by atoms with van der Waals surface area (Å²) in [5, 5.41) is 10.7. The molecular weight excluding hydrogens is 538 g/mol. The molecule has 0 unspecified atom stereocenters. The Balaban J connectivity index is 1.39. The second-order valence-electron chi connectivity index (χ2n) is 8.57. The minimum atomic E-state index is -0.976. The summed E-state index contributed by atoms with van der Waals surface area (Å²) in [7, 11) is 1.39. The number of aryl methyl sites for hydroxylation is 1. The fourth-order valence-electron chi connectivity index (χ4n) is 4.10. The highest BCUT2D eigenvalue weighted by atomic mass is 35.5. The van der Waals surface area contributed by atoms with Crippen LogP contribution in [0.3, 0.4) is 0 Å². The number of hydrogen-bond acceptors (Lipinski definition) is 11. The highest BCUT2D eigenvalue weighted by Gasteiger charge is 2.30. The van der Waals surface area contributed by atoms with Crippen molar-refractivity contribution in [1.29, 1.82) is 0 Å². The summed E-state index contributed by atoms with van der Waals surface area (Å²) in [6.07, 6.45) is 3.44. The fourth-order valence-corrected chi connectivity index (χ4v) is 5.31. The van der Waals surface area contributed by atoms with Gasteiger partial charge in [-0.25, -0.2) is 14.8 Å². The Labute approximate surface area is 226 Å². The van der Waals surface area contributed by atoms with Crippen LogP contribution in [0.4, 0.5) is 10.5 Å². The van der Waals surface area contributed by atoms with Crippen molar-refractivity contribution in [3.63, 3.8) is 0 Å². The number of methoxy groups -OCH3 is 1. The van der Waals surface area contributed by atoms with Crippen LogP contribution in [0.15, 0.2) is 36.5 Å². The first-order chi connectivity index (χ1) is 18.2. The molecule has 2 heterocycles. The average molecular weight is 562 g/mol. The number of carbonyl (C=O) groups excluding carboxylic acids is 2. The van der Waals surface area contributed by atoms with Gasteiger partial charge in [0.2, 0.25) is 5.88 Å². The number of benzene rings is 1. The summed E-state index contributed by atoms with van der Waals surface area (Å²) < 4.78 is 21.7. The smallest absolute Gasteiger partial charge is 0.473 e. The van der Waals surface area contributed by atoms with E-state index in [0.717, 1.165) is 19.3 Å². The summed E-state index contributed by atoms with van der Waals surface area (Å²) in [4.78, 5) is 44.0. The van der Waals surface area contributed by atoms with Crippen molar-refractivity contribution in [3.05, 3.63) is 62.2 Å². The van der Waals surface area contributed by atoms with E-state index in [4.69, 9.17) is 30.5 Å². The van der Waals surface area contributed by atoms with Crippen molar-refractivity contribution in [1.82, 2.24) is 9.97 Å². The van der Waals surface area contributed by atoms with Crippen molar-refractivity contribution >= 4 is 40.7 Å². The lowest BCUT2D eigenvalue weighted by atomic mass is 9.87. The van der Waals surface area contributed by atoms with Gasteiger partial charge in [0.1, 0.15) is 24.2 Å². The van der Waals surface area contributed by atoms with Crippen molar-refractivity contribution in [2.45, 2.75) is 45.3 Å². The van der Waals surface area contributed by atoms with Crippen LogP contribution in [0, 0.1) is 23.0 Å². The first-order valence-corrected chi connectivity index (χ1v) is 12.9. The highest BCUT2D eigenvalue weighted by molar-refractivity contribution is 7.19. The number of nitro benzene ring substituents is 1. The number of thiophene rings is 1. The third-order valence-corrected chi connectivity index (χ3v) is 7.28. The number of aromatic nitrogens is 2. The molecule has 1 aliphatic carbocycles. The molecule has 11 nitrogen and oxygen atoms in total. The zero-order valence-electron chi connectivity index (χ0n) is 20.5. The summed E-state index contributed by atoms with van der Waals surface area (Å²) in [6, 6.07) is 6.71. The van der Waals surface area contributed by atoms with Gasteiger partial charge in [-0.3, -0.25) is 14.9 Å². The molecule has 1 fully saturated rings. The number of ether oxygens (including phenoxy) is 4. The second kappa shape index (κ2) is 12.2. The SMILES string of the molecule is COC(=O)[C@H]1CCC[C@H](Oc2ncc(-c3sc(Cl)cc3COC(=O)Oc3ccc([N+](=O)[O-])cc3)nc2C)C1. The van der Waals surface area contributed by atoms with Gasteiger partial charge in [-0.1, -0.05) is 11.6 Å². The van der Waals surface area contributed by atoms with Gasteiger partial charge in [0.05, 0.1) is 39.1 Å². The van der Waals surface area contributed by atoms with E-state index < -0.39 is 11.1 Å². The number of non-ortho nitro benzene ring substituents is 1. The number of nitrogens with zero attached hydrogens (tertiary/aromatic N) is 3. The lowest BCUT2D eigenvalue weighted by molar-refractivity contribution is -0.384. The quantitative estimate of drug-likeness (QED) is 0.141. The minimum absolute atomic E-state index is 0.108. The van der Waals surface area contributed by atoms with Gasteiger partial charge >= 0.3 is 12.1 Å². The summed E-state index contributed by atoms with van der Waals surface area (Å²) in [5.74, 6) is 0.0835. The zero-order valence-corrected chi connectivity index (χ0v) is 22.1. The van der Waals surface area contributed by atoms with Gasteiger partial charge in [0.25, 0.3) is 5.69 Å². The maximum atomic E-state index is 12.2. The molecule has 0 aliphatic heterocycles. The number of carbonyl (C=O) groups is 2. The topological polar surface area (TPSA) is 140 Å². The Morgan fingerprint density at radius 1 is 1.24 bits per heavy atom. The molecule has 38 heavy (non-hydrogen) atoms. The van der Waals surface area contributed by atoms with Crippen LogP contribution in [0.25, 0.3) is 10.6 Å². The molecular formula is C25H24ClN3O8S. The third-order valence-electron chi connectivity index (χ3n) is 5.95. The second-order valence-corrected chi connectivity index (χ2v) is 10.3. The van der Waals surface area contributed by atoms with Crippen LogP contribution in [0.5, 0.6) is 11.6 Å². The van der Waals surface area contributed by atoms with Crippen LogP contribution < -0.4 is 9.47 Å². The van der Waals surface area contributed by atoms with Gasteiger partial charge < -0.3 is 18.9 Å². The molecule has 2 atom stereocenters. The number of rotatable bonds is 8. The number of hydrogen-bond donors (Lipinski definition) is 0. The van der Waals surface area contributed by atoms with Crippen LogP contribution in [-0.2, 0) is 20.9 Å². The number of halogens is 1. The Morgan fingerprint density at radius 3 is 2.68 bits per heavy atom. The van der Waals surface area contributed by atoms with Gasteiger partial charge in [-0.15, -0.1) is 11.3 Å². The van der Waals surface area contributed by atoms with E-state index in [0.29, 0.717) is 38.5 Å². The lowest BCUT2D eigenvalue weighted by Crippen LogP contribution is -2.30. The van der Waals surface area contributed by atoms with Crippen LogP contribution >= 0.6 is 22.9 Å². The normalized spacial score (nSPS) is 16.9. The van der Waals surface area contributed by atoms with Gasteiger partial charge in [-0.05, 0) is 50.8 Å². The van der Waals surface area contributed by atoms with Gasteiger partial charge in [0, 0.05) is 17.7 Å². The Bertz CT molecular complexity index is 1330. The van der Waals surface area contributed by atoms with E-state index in [2.05, 4.69) is 9.97 Å². The average Bonchev–Trinajstić information content (AvgIpc) is 3.29. The van der Waals surface area contributed by atoms with Crippen LogP contribution in [0.2, 0.25) is 4.34 Å². The molecule has 13 heteroatoms. The molecule has 0 spiro atoms. The first kappa shape index (κ1) is 27.3. The largest absolute Gasteiger partial charge is 0.514 e. The standard InChI is InChI=1S/C25H24ClN3O8S/c1-14-23(36-19-5-3-4-15(10-19)24(30)34-2)27-12-20(28-14)22-16(11-21(26)38-22)13-35-25(31)37-18-8-6-17(7-9-18)29(32)33/h6-9,11-12,15,19H,3-5,10,13H2,1-2H3/t15-,19-/m0/s1. The zero-order chi connectivity index (χ0) is 27.2. The van der Waals surface area contributed by atoms with Crippen molar-refractivity contribution in [2.24, 2.45) is 5.92 Å². The summed E-state index contributed by atoms with van der Waals surface area (Å²) in [6.45, 7) is 1.64. The van der Waals surface area contributed by atoms with Crippen molar-refractivity contribution < 1.29 is 33.5 Å². The van der Waals surface area contributed by atoms with Gasteiger partial charge in [0.15, 0.2) is 0 Å². The van der Waals surface area contributed by atoms with Crippen molar-refractivity contribution in [2.75, 3.05) is 7.11 Å². The molecule has 0 N–H and O–H groups in total. The van der Waals surface area contributed by atoms with Crippen molar-refractivity contribution in [3.8, 4) is 22.2 Å². The van der Waals surface area contributed by atoms with E-state index in [9.17, 15) is 19.7 Å². The lowest BCUT2D eigenvalue weighted by Gasteiger charge is -2.27. The molecule has 0 radical (unpaired) electrons. The Hall–Kier alpha value is -3.77. The number of nitro groups is 1. The molecule has 0 bridgehead atoms. The maximum Gasteiger partial charge on any atom is 0.514 e. The number of esters is 1. The molecule has 0 amide bonds. The van der Waals surface area contributed by atoms with E-state index in [-0.39, 0.29) is 36.0 Å². The molecule has 4 rings (SSSR count). The molecule has 1 aliphatic rings. The van der Waals surface area contributed by atoms with E-state index in [1.807, 2.05) is 0 Å². The predicted molar refractivity (Wildman–Crippen MR) is 137 cm³/mol. The van der Waals surface area contributed by atoms with Gasteiger partial charge in [-0.2, -0.15) is 0 Å². The van der Waals surface area contributed by atoms with Crippen LogP contribution in [-0.4, -0.2) is 40.2 Å². The summed E-state index contributed by atoms with van der Waals surface area (Å²) in [5.41, 5.74) is 1.58. The van der Waals surface area contributed by atoms with E-state index in [1.165, 1.54) is 42.7 Å². The Kier molecular flexibility index (Phi) is 8.74. The molecule has 3 aromatic rings. The molecule has 2 aromatic heterocycles. The third kappa shape index (κ3) is 6.75. The first-order valence-electron chi connectivity index (χ1n) is 11.7. The molecule has 1 aromatic carbocycles. The molecule has 1 saturated carbocycles. The van der Waals surface area contributed by atoms with Crippen LogP contribution in [0.1, 0.15) is 36.9 Å². The maximum absolute atomic E-state index is 12.2. The van der Waals surface area contributed by atoms with E-state index in [1.54, 1.807) is 19.2 Å². The monoisotopic (exact) mass is 561 g/mol. The highest BCUT2D eigenvalue weighted by Crippen LogP contribution is 2.36. The minimum Gasteiger partial charge on any atom is -0.473 e. The summed E-state index contributed by atoms with van der Waals surface area (Å²) >= 11 is 7.49. The Morgan fingerprint density at radius 2 is 2.00 bits per heavy atom.